The van der Waals surface area contributed by atoms with Gasteiger partial charge in [0.15, 0.2) is 6.29 Å². The van der Waals surface area contributed by atoms with Crippen LogP contribution in [0, 0.1) is 0 Å². The number of nitrogens with two attached hydrogens (primary N) is 1. The monoisotopic (exact) mass is 190 g/mol. The molecule has 0 aliphatic heterocycles. The molecule has 0 heterocycles. The van der Waals surface area contributed by atoms with Crippen molar-refractivity contribution in [1.29, 1.82) is 0 Å². The summed E-state index contributed by atoms with van der Waals surface area (Å²) in [4.78, 5) is 21.1. The van der Waals surface area contributed by atoms with E-state index in [-0.39, 0.29) is 25.3 Å². The molecule has 0 aromatic heterocycles. The van der Waals surface area contributed by atoms with Gasteiger partial charge in [0.05, 0.1) is 6.54 Å². The number of aliphatic hydroxyl groups is 2. The van der Waals surface area contributed by atoms with Gasteiger partial charge in [-0.25, -0.2) is 0 Å². The van der Waals surface area contributed by atoms with Crippen molar-refractivity contribution in [2.45, 2.75) is 25.6 Å². The molecule has 0 aliphatic carbocycles. The highest BCUT2D eigenvalue weighted by Gasteiger charge is 2.04. The van der Waals surface area contributed by atoms with Crippen LogP contribution in [0.15, 0.2) is 0 Å². The molecule has 2 amide bonds. The fourth-order valence-corrected chi connectivity index (χ4v) is 0.717. The van der Waals surface area contributed by atoms with Crippen LogP contribution < -0.4 is 11.1 Å². The minimum atomic E-state index is -1.54. The van der Waals surface area contributed by atoms with Gasteiger partial charge in [-0.05, 0) is 6.42 Å². The van der Waals surface area contributed by atoms with E-state index in [1.54, 1.807) is 0 Å². The maximum atomic E-state index is 10.8. The van der Waals surface area contributed by atoms with Crippen molar-refractivity contribution in [2.75, 3.05) is 6.54 Å². The van der Waals surface area contributed by atoms with E-state index in [0.29, 0.717) is 6.42 Å². The number of primary amides is 1. The van der Waals surface area contributed by atoms with Gasteiger partial charge in [0.2, 0.25) is 11.8 Å². The first-order valence-electron chi connectivity index (χ1n) is 3.93. The highest BCUT2D eigenvalue weighted by atomic mass is 16.5. The second-order valence-electron chi connectivity index (χ2n) is 2.60. The molecule has 0 fully saturated rings. The van der Waals surface area contributed by atoms with Gasteiger partial charge in [-0.15, -0.1) is 0 Å². The number of nitrogens with one attached hydrogen (secondary N) is 1. The molecule has 0 saturated heterocycles. The van der Waals surface area contributed by atoms with Crippen LogP contribution in [0.25, 0.3) is 0 Å². The van der Waals surface area contributed by atoms with E-state index in [0.717, 1.165) is 0 Å². The highest BCUT2D eigenvalue weighted by Crippen LogP contribution is 1.93. The van der Waals surface area contributed by atoms with Crippen molar-refractivity contribution < 1.29 is 19.8 Å². The molecule has 76 valence electrons. The predicted molar refractivity (Wildman–Crippen MR) is 44.3 cm³/mol. The second kappa shape index (κ2) is 6.38. The maximum absolute atomic E-state index is 10.8. The fraction of sp³-hybridized carbons (Fsp3) is 0.714. The Morgan fingerprint density at radius 1 is 1.31 bits per heavy atom. The van der Waals surface area contributed by atoms with E-state index in [1.807, 2.05) is 0 Å². The van der Waals surface area contributed by atoms with Crippen molar-refractivity contribution in [3.63, 3.8) is 0 Å². The fourth-order valence-electron chi connectivity index (χ4n) is 0.717. The molecule has 0 aliphatic rings. The van der Waals surface area contributed by atoms with Crippen LogP contribution in [0.5, 0.6) is 0 Å². The third kappa shape index (κ3) is 8.77. The van der Waals surface area contributed by atoms with Crippen molar-refractivity contribution >= 4 is 11.8 Å². The molecule has 0 aromatic rings. The summed E-state index contributed by atoms with van der Waals surface area (Å²) >= 11 is 0. The molecular weight excluding hydrogens is 176 g/mol. The average Bonchev–Trinajstić information content (AvgIpc) is 2.00. The van der Waals surface area contributed by atoms with E-state index in [2.05, 4.69) is 5.32 Å². The number of amides is 2. The lowest BCUT2D eigenvalue weighted by atomic mass is 10.2. The highest BCUT2D eigenvalue weighted by molar-refractivity contribution is 5.77. The lowest BCUT2D eigenvalue weighted by molar-refractivity contribution is -0.123. The third-order valence-electron chi connectivity index (χ3n) is 1.31. The summed E-state index contributed by atoms with van der Waals surface area (Å²) in [6.07, 6.45) is -0.840. The molecule has 0 spiro atoms. The van der Waals surface area contributed by atoms with Crippen molar-refractivity contribution in [3.8, 4) is 0 Å². The van der Waals surface area contributed by atoms with Crippen LogP contribution in [-0.2, 0) is 9.59 Å². The molecular formula is C7H14N2O4. The SMILES string of the molecule is NC(=O)CCCC(=O)NCC(O)O. The first-order chi connectivity index (χ1) is 6.02. The number of hydrogen-bond acceptors (Lipinski definition) is 4. The van der Waals surface area contributed by atoms with Crippen molar-refractivity contribution in [1.82, 2.24) is 5.32 Å². The minimum absolute atomic E-state index is 0.162. The topological polar surface area (TPSA) is 113 Å². The summed E-state index contributed by atoms with van der Waals surface area (Å²) in [6, 6.07) is 0. The van der Waals surface area contributed by atoms with Crippen LogP contribution in [0.4, 0.5) is 0 Å². The lowest BCUT2D eigenvalue weighted by Gasteiger charge is -2.05. The maximum Gasteiger partial charge on any atom is 0.220 e. The lowest BCUT2D eigenvalue weighted by Crippen LogP contribution is -2.31. The Morgan fingerprint density at radius 3 is 2.38 bits per heavy atom. The zero-order chi connectivity index (χ0) is 10.3. The van der Waals surface area contributed by atoms with Crippen molar-refractivity contribution in [3.05, 3.63) is 0 Å². The molecule has 0 rings (SSSR count). The molecule has 13 heavy (non-hydrogen) atoms. The number of rotatable bonds is 6. The van der Waals surface area contributed by atoms with Crippen molar-refractivity contribution in [2.24, 2.45) is 5.73 Å². The minimum Gasteiger partial charge on any atom is -0.370 e. The van der Waals surface area contributed by atoms with E-state index in [1.165, 1.54) is 0 Å². The van der Waals surface area contributed by atoms with Crippen LogP contribution in [0.2, 0.25) is 0 Å². The van der Waals surface area contributed by atoms with Crippen LogP contribution in [-0.4, -0.2) is 34.9 Å². The molecule has 0 aromatic carbocycles. The van der Waals surface area contributed by atoms with Gasteiger partial charge in [-0.2, -0.15) is 0 Å². The largest absolute Gasteiger partial charge is 0.370 e. The first kappa shape index (κ1) is 11.9. The molecule has 6 heteroatoms. The van der Waals surface area contributed by atoms with E-state index in [9.17, 15) is 9.59 Å². The zero-order valence-corrected chi connectivity index (χ0v) is 7.19. The van der Waals surface area contributed by atoms with E-state index >= 15 is 0 Å². The second-order valence-corrected chi connectivity index (χ2v) is 2.60. The molecule has 0 saturated carbocycles. The van der Waals surface area contributed by atoms with Gasteiger partial charge < -0.3 is 21.3 Å². The Kier molecular flexibility index (Phi) is 5.82. The van der Waals surface area contributed by atoms with Crippen LogP contribution >= 0.6 is 0 Å². The molecule has 6 nitrogen and oxygen atoms in total. The number of carbonyl (C=O) groups is 2. The molecule has 0 atom stereocenters. The summed E-state index contributed by atoms with van der Waals surface area (Å²) < 4.78 is 0. The average molecular weight is 190 g/mol. The predicted octanol–water partition coefficient (Wildman–Crippen LogP) is -1.93. The quantitative estimate of drug-likeness (QED) is 0.365. The Morgan fingerprint density at radius 2 is 1.92 bits per heavy atom. The molecule has 0 radical (unpaired) electrons. The van der Waals surface area contributed by atoms with Gasteiger partial charge >= 0.3 is 0 Å². The number of carbonyl (C=O) groups excluding carboxylic acids is 2. The van der Waals surface area contributed by atoms with Gasteiger partial charge in [0, 0.05) is 12.8 Å². The number of aliphatic hydroxyl groups excluding tert-OH is 1. The normalized spacial score (nSPS) is 10.1. The Balaban J connectivity index is 3.35. The summed E-state index contributed by atoms with van der Waals surface area (Å²) in [5.74, 6) is -0.774. The zero-order valence-electron chi connectivity index (χ0n) is 7.19. The standard InChI is InChI=1S/C7H14N2O4/c8-5(10)2-1-3-6(11)9-4-7(12)13/h7,12-13H,1-4H2,(H2,8,10)(H,9,11). The van der Waals surface area contributed by atoms with Gasteiger partial charge in [-0.1, -0.05) is 0 Å². The van der Waals surface area contributed by atoms with Gasteiger partial charge in [-0.3, -0.25) is 9.59 Å². The Labute approximate surface area is 75.7 Å². The molecule has 0 unspecified atom stereocenters. The van der Waals surface area contributed by atoms with Gasteiger partial charge in [0.1, 0.15) is 0 Å². The van der Waals surface area contributed by atoms with Crippen LogP contribution in [0.1, 0.15) is 19.3 Å². The van der Waals surface area contributed by atoms with Crippen LogP contribution in [0.3, 0.4) is 0 Å². The summed E-state index contributed by atoms with van der Waals surface area (Å²) in [5, 5.41) is 19.0. The van der Waals surface area contributed by atoms with E-state index in [4.69, 9.17) is 15.9 Å². The Hall–Kier alpha value is -1.14. The Bertz CT molecular complexity index is 181. The molecule has 5 N–H and O–H groups in total. The summed E-state index contributed by atoms with van der Waals surface area (Å²) in [7, 11) is 0. The summed E-state index contributed by atoms with van der Waals surface area (Å²) in [5.41, 5.74) is 4.85. The smallest absolute Gasteiger partial charge is 0.220 e. The van der Waals surface area contributed by atoms with E-state index < -0.39 is 12.2 Å². The first-order valence-corrected chi connectivity index (χ1v) is 3.93. The number of hydrogen-bond donors (Lipinski definition) is 4. The summed E-state index contributed by atoms with van der Waals surface area (Å²) in [6.45, 7) is -0.199. The molecule has 0 bridgehead atoms. The third-order valence-corrected chi connectivity index (χ3v) is 1.31. The van der Waals surface area contributed by atoms with Gasteiger partial charge in [0.25, 0.3) is 0 Å².